The molecule has 0 radical (unpaired) electrons. The van der Waals surface area contributed by atoms with Crippen LogP contribution < -0.4 is 19.1 Å². The molecular weight excluding hydrogens is 517 g/mol. The fourth-order valence-corrected chi connectivity index (χ4v) is 4.71. The summed E-state index contributed by atoms with van der Waals surface area (Å²) in [5.41, 5.74) is 0.582. The number of hydrogen-bond acceptors (Lipinski definition) is 6. The Morgan fingerprint density at radius 1 is 1.09 bits per heavy atom. The fourth-order valence-electron chi connectivity index (χ4n) is 3.34. The first-order chi connectivity index (χ1) is 16.4. The lowest BCUT2D eigenvalue weighted by Crippen LogP contribution is -2.51. The van der Waals surface area contributed by atoms with Crippen molar-refractivity contribution in [3.8, 4) is 11.5 Å². The predicted octanol–water partition coefficient (Wildman–Crippen LogP) is 3.33. The Morgan fingerprint density at radius 2 is 1.71 bits per heavy atom. The molecule has 2 amide bonds. The highest BCUT2D eigenvalue weighted by Crippen LogP contribution is 2.34. The van der Waals surface area contributed by atoms with Crippen molar-refractivity contribution >= 4 is 50.7 Å². The van der Waals surface area contributed by atoms with Crippen molar-refractivity contribution in [1.29, 1.82) is 0 Å². The number of carbonyl (C=O) groups is 2. The Kier molecular flexibility index (Phi) is 10.1. The van der Waals surface area contributed by atoms with Crippen molar-refractivity contribution in [2.24, 2.45) is 0 Å². The van der Waals surface area contributed by atoms with Crippen LogP contribution in [0, 0.1) is 0 Å². The average molecular weight is 546 g/mol. The number of sulfonamides is 1. The van der Waals surface area contributed by atoms with Gasteiger partial charge in [-0.05, 0) is 38.1 Å². The first-order valence-electron chi connectivity index (χ1n) is 10.6. The maximum Gasteiger partial charge on any atom is 0.244 e. The van der Waals surface area contributed by atoms with Crippen molar-refractivity contribution in [1.82, 2.24) is 10.2 Å². The second-order valence-electron chi connectivity index (χ2n) is 7.60. The van der Waals surface area contributed by atoms with Crippen molar-refractivity contribution in [3.63, 3.8) is 0 Å². The molecule has 192 valence electrons. The van der Waals surface area contributed by atoms with Crippen LogP contribution in [0.2, 0.25) is 10.0 Å². The highest BCUT2D eigenvalue weighted by molar-refractivity contribution is 7.92. The molecule has 0 aliphatic heterocycles. The van der Waals surface area contributed by atoms with E-state index in [2.05, 4.69) is 5.32 Å². The zero-order chi connectivity index (χ0) is 26.3. The van der Waals surface area contributed by atoms with Crippen LogP contribution in [0.15, 0.2) is 36.4 Å². The summed E-state index contributed by atoms with van der Waals surface area (Å²) in [4.78, 5) is 27.4. The molecule has 0 heterocycles. The smallest absolute Gasteiger partial charge is 0.244 e. The van der Waals surface area contributed by atoms with Crippen LogP contribution in [0.25, 0.3) is 0 Å². The lowest BCUT2D eigenvalue weighted by atomic mass is 10.1. The number of rotatable bonds is 11. The third-order valence-electron chi connectivity index (χ3n) is 5.24. The summed E-state index contributed by atoms with van der Waals surface area (Å²) in [5.74, 6) is -0.398. The van der Waals surface area contributed by atoms with Gasteiger partial charge < -0.3 is 19.7 Å². The molecule has 0 bridgehead atoms. The third kappa shape index (κ3) is 7.16. The van der Waals surface area contributed by atoms with Crippen LogP contribution >= 0.6 is 23.2 Å². The highest BCUT2D eigenvalue weighted by Gasteiger charge is 2.31. The maximum absolute atomic E-state index is 13.6. The van der Waals surface area contributed by atoms with Crippen LogP contribution in [-0.4, -0.2) is 64.7 Å². The number of ether oxygens (including phenoxy) is 2. The molecule has 2 rings (SSSR count). The molecule has 1 atom stereocenters. The number of methoxy groups -OCH3 is 2. The van der Waals surface area contributed by atoms with Crippen LogP contribution in [0.5, 0.6) is 11.5 Å². The van der Waals surface area contributed by atoms with Crippen LogP contribution in [0.3, 0.4) is 0 Å². The zero-order valence-electron chi connectivity index (χ0n) is 20.2. The van der Waals surface area contributed by atoms with Gasteiger partial charge in [-0.15, -0.1) is 0 Å². The number of benzene rings is 2. The third-order valence-corrected chi connectivity index (χ3v) is 7.08. The highest BCUT2D eigenvalue weighted by atomic mass is 35.5. The van der Waals surface area contributed by atoms with Crippen molar-refractivity contribution in [2.45, 2.75) is 26.4 Å². The van der Waals surface area contributed by atoms with Gasteiger partial charge in [-0.3, -0.25) is 13.9 Å². The molecule has 35 heavy (non-hydrogen) atoms. The molecule has 0 saturated carbocycles. The lowest BCUT2D eigenvalue weighted by Gasteiger charge is -2.32. The van der Waals surface area contributed by atoms with Gasteiger partial charge in [0.2, 0.25) is 21.8 Å². The second-order valence-corrected chi connectivity index (χ2v) is 10.3. The summed E-state index contributed by atoms with van der Waals surface area (Å²) < 4.78 is 36.9. The molecule has 0 aliphatic rings. The first-order valence-corrected chi connectivity index (χ1v) is 13.2. The molecule has 9 nitrogen and oxygen atoms in total. The van der Waals surface area contributed by atoms with Gasteiger partial charge in [-0.2, -0.15) is 0 Å². The van der Waals surface area contributed by atoms with E-state index in [4.69, 9.17) is 32.7 Å². The fraction of sp³-hybridized carbons (Fsp3) is 0.391. The van der Waals surface area contributed by atoms with Gasteiger partial charge in [0.15, 0.2) is 0 Å². The summed E-state index contributed by atoms with van der Waals surface area (Å²) in [6.45, 7) is 2.96. The number of anilines is 1. The monoisotopic (exact) mass is 545 g/mol. The van der Waals surface area contributed by atoms with Gasteiger partial charge in [0.25, 0.3) is 0 Å². The Labute approximate surface area is 215 Å². The minimum atomic E-state index is -3.93. The van der Waals surface area contributed by atoms with E-state index in [1.165, 1.54) is 31.3 Å². The number of hydrogen-bond donors (Lipinski definition) is 1. The van der Waals surface area contributed by atoms with Gasteiger partial charge >= 0.3 is 0 Å². The van der Waals surface area contributed by atoms with Crippen molar-refractivity contribution < 1.29 is 27.5 Å². The quantitative estimate of drug-likeness (QED) is 0.464. The van der Waals surface area contributed by atoms with Crippen LogP contribution in [0.1, 0.15) is 19.4 Å². The van der Waals surface area contributed by atoms with E-state index in [1.807, 2.05) is 0 Å². The van der Waals surface area contributed by atoms with Gasteiger partial charge in [0.1, 0.15) is 24.1 Å². The van der Waals surface area contributed by atoms with E-state index in [9.17, 15) is 18.0 Å². The summed E-state index contributed by atoms with van der Waals surface area (Å²) >= 11 is 12.6. The van der Waals surface area contributed by atoms with Gasteiger partial charge in [0.05, 0.1) is 26.2 Å². The molecule has 0 spiro atoms. The molecule has 0 fully saturated rings. The molecule has 12 heteroatoms. The first kappa shape index (κ1) is 28.5. The molecule has 0 saturated heterocycles. The number of amides is 2. The van der Waals surface area contributed by atoms with Crippen LogP contribution in [-0.2, 0) is 26.2 Å². The molecule has 0 aromatic heterocycles. The van der Waals surface area contributed by atoms with E-state index in [1.54, 1.807) is 38.1 Å². The van der Waals surface area contributed by atoms with E-state index in [-0.39, 0.29) is 18.0 Å². The summed E-state index contributed by atoms with van der Waals surface area (Å²) in [5, 5.41) is 3.31. The molecule has 0 aliphatic carbocycles. The SMILES string of the molecule is CCNC(=O)C(C)N(Cc1c(Cl)cccc1Cl)C(=O)CN(c1ccc(OC)cc1OC)S(C)(=O)=O. The predicted molar refractivity (Wildman–Crippen MR) is 137 cm³/mol. The minimum Gasteiger partial charge on any atom is -0.497 e. The number of nitrogens with zero attached hydrogens (tertiary/aromatic N) is 2. The normalized spacial score (nSPS) is 12.0. The van der Waals surface area contributed by atoms with E-state index in [0.29, 0.717) is 27.9 Å². The van der Waals surface area contributed by atoms with Crippen molar-refractivity contribution in [2.75, 3.05) is 37.9 Å². The van der Waals surface area contributed by atoms with Crippen molar-refractivity contribution in [3.05, 3.63) is 52.0 Å². The average Bonchev–Trinajstić information content (AvgIpc) is 2.81. The molecule has 1 N–H and O–H groups in total. The number of carbonyl (C=O) groups excluding carboxylic acids is 2. The lowest BCUT2D eigenvalue weighted by molar-refractivity contribution is -0.139. The standard InChI is InChI=1S/C23H29Cl2N3O6S/c1-6-26-23(30)15(2)27(13-17-18(24)8-7-9-19(17)25)22(29)14-28(35(5,31)32)20-11-10-16(33-3)12-21(20)34-4/h7-12,15H,6,13-14H2,1-5H3,(H,26,30). The number of halogens is 2. The number of likely N-dealkylation sites (N-methyl/N-ethyl adjacent to an activating group) is 1. The van der Waals surface area contributed by atoms with Gasteiger partial charge in [-0.25, -0.2) is 8.42 Å². The van der Waals surface area contributed by atoms with Gasteiger partial charge in [0, 0.05) is 34.8 Å². The van der Waals surface area contributed by atoms with Crippen LogP contribution in [0.4, 0.5) is 5.69 Å². The second kappa shape index (κ2) is 12.3. The number of nitrogens with one attached hydrogen (secondary N) is 1. The summed E-state index contributed by atoms with van der Waals surface area (Å²) in [6.07, 6.45) is 0.979. The van der Waals surface area contributed by atoms with E-state index in [0.717, 1.165) is 10.6 Å². The Morgan fingerprint density at radius 3 is 2.23 bits per heavy atom. The summed E-state index contributed by atoms with van der Waals surface area (Å²) in [6, 6.07) is 8.51. The molecular formula is C23H29Cl2N3O6S. The largest absolute Gasteiger partial charge is 0.497 e. The topological polar surface area (TPSA) is 105 Å². The minimum absolute atomic E-state index is 0.104. The van der Waals surface area contributed by atoms with E-state index < -0.39 is 34.4 Å². The molecule has 1 unspecified atom stereocenters. The van der Waals surface area contributed by atoms with E-state index >= 15 is 0 Å². The summed E-state index contributed by atoms with van der Waals surface area (Å²) in [7, 11) is -1.09. The zero-order valence-corrected chi connectivity index (χ0v) is 22.5. The Hall–Kier alpha value is -2.69. The molecule has 2 aromatic carbocycles. The van der Waals surface area contributed by atoms with Gasteiger partial charge in [-0.1, -0.05) is 29.3 Å². The molecule has 2 aromatic rings. The Bertz CT molecular complexity index is 1160. The Balaban J connectivity index is 2.51. The maximum atomic E-state index is 13.6.